The van der Waals surface area contributed by atoms with Gasteiger partial charge in [-0.25, -0.2) is 4.79 Å². The zero-order chi connectivity index (χ0) is 13.7. The number of carbonyl (C=O) groups excluding carboxylic acids is 1. The van der Waals surface area contributed by atoms with E-state index in [0.29, 0.717) is 22.8 Å². The summed E-state index contributed by atoms with van der Waals surface area (Å²) in [7, 11) is 0. The lowest BCUT2D eigenvalue weighted by atomic mass is 10.2. The highest BCUT2D eigenvalue weighted by Gasteiger charge is 2.14. The third-order valence-electron chi connectivity index (χ3n) is 2.33. The molecule has 0 aromatic heterocycles. The second-order valence-electron chi connectivity index (χ2n) is 3.82. The molecular weight excluding hydrogens is 256 g/mol. The van der Waals surface area contributed by atoms with Crippen LogP contribution < -0.4 is 10.6 Å². The Hall–Kier alpha value is -1.75. The normalized spacial score (nSPS) is 11.7. The molecule has 6 heteroatoms. The van der Waals surface area contributed by atoms with E-state index in [1.807, 2.05) is 0 Å². The van der Waals surface area contributed by atoms with Crippen LogP contribution in [0.25, 0.3) is 0 Å². The fourth-order valence-corrected chi connectivity index (χ4v) is 1.66. The van der Waals surface area contributed by atoms with E-state index >= 15 is 0 Å². The van der Waals surface area contributed by atoms with Crippen molar-refractivity contribution in [3.05, 3.63) is 23.2 Å². The molecule has 1 aromatic rings. The Morgan fingerprint density at radius 2 is 2.11 bits per heavy atom. The van der Waals surface area contributed by atoms with Gasteiger partial charge in [0.1, 0.15) is 6.04 Å². The van der Waals surface area contributed by atoms with E-state index in [9.17, 15) is 9.59 Å². The maximum absolute atomic E-state index is 10.9. The monoisotopic (exact) mass is 270 g/mol. The number of aliphatic carboxylic acids is 1. The smallest absolute Gasteiger partial charge is 0.326 e. The molecular formula is C12H15ClN2O3. The highest BCUT2D eigenvalue weighted by molar-refractivity contribution is 6.34. The Morgan fingerprint density at radius 1 is 1.44 bits per heavy atom. The number of benzene rings is 1. The summed E-state index contributed by atoms with van der Waals surface area (Å²) >= 11 is 5.98. The predicted octanol–water partition coefficient (Wildman–Crippen LogP) is 2.57. The molecule has 0 bridgehead atoms. The van der Waals surface area contributed by atoms with E-state index in [1.54, 1.807) is 25.1 Å². The van der Waals surface area contributed by atoms with Crippen molar-refractivity contribution in [2.45, 2.75) is 26.3 Å². The van der Waals surface area contributed by atoms with Crippen molar-refractivity contribution in [1.82, 2.24) is 0 Å². The van der Waals surface area contributed by atoms with Crippen LogP contribution in [-0.2, 0) is 9.59 Å². The average Bonchev–Trinajstić information content (AvgIpc) is 2.28. The summed E-state index contributed by atoms with van der Waals surface area (Å²) in [4.78, 5) is 21.8. The Morgan fingerprint density at radius 3 is 2.56 bits per heavy atom. The molecule has 0 heterocycles. The Kier molecular flexibility index (Phi) is 4.97. The minimum Gasteiger partial charge on any atom is -0.480 e. The molecule has 0 saturated carbocycles. The summed E-state index contributed by atoms with van der Waals surface area (Å²) in [5, 5.41) is 14.7. The fourth-order valence-electron chi connectivity index (χ4n) is 1.44. The summed E-state index contributed by atoms with van der Waals surface area (Å²) in [6.07, 6.45) is 0.459. The molecule has 1 rings (SSSR count). The third-order valence-corrected chi connectivity index (χ3v) is 2.64. The van der Waals surface area contributed by atoms with Gasteiger partial charge in [-0.1, -0.05) is 18.5 Å². The summed E-state index contributed by atoms with van der Waals surface area (Å²) in [5.74, 6) is -1.13. The number of hydrogen-bond donors (Lipinski definition) is 3. The van der Waals surface area contributed by atoms with Gasteiger partial charge in [-0.2, -0.15) is 0 Å². The molecule has 1 amide bonds. The zero-order valence-corrected chi connectivity index (χ0v) is 10.9. The van der Waals surface area contributed by atoms with E-state index in [2.05, 4.69) is 10.6 Å². The molecule has 0 aliphatic heterocycles. The summed E-state index contributed by atoms with van der Waals surface area (Å²) in [5.41, 5.74) is 1.10. The highest BCUT2D eigenvalue weighted by atomic mass is 35.5. The van der Waals surface area contributed by atoms with Crippen LogP contribution in [0.3, 0.4) is 0 Å². The zero-order valence-electron chi connectivity index (χ0n) is 10.2. The first-order valence-electron chi connectivity index (χ1n) is 5.50. The number of halogens is 1. The molecule has 0 spiro atoms. The first-order valence-corrected chi connectivity index (χ1v) is 5.88. The minimum atomic E-state index is -0.917. The predicted molar refractivity (Wildman–Crippen MR) is 71.1 cm³/mol. The van der Waals surface area contributed by atoms with E-state index in [0.717, 1.165) is 0 Å². The van der Waals surface area contributed by atoms with Crippen LogP contribution in [0.1, 0.15) is 20.3 Å². The molecule has 5 nitrogen and oxygen atoms in total. The quantitative estimate of drug-likeness (QED) is 0.768. The van der Waals surface area contributed by atoms with Gasteiger partial charge in [0.2, 0.25) is 5.91 Å². The van der Waals surface area contributed by atoms with Gasteiger partial charge >= 0.3 is 5.97 Å². The van der Waals surface area contributed by atoms with Crippen molar-refractivity contribution in [2.24, 2.45) is 0 Å². The topological polar surface area (TPSA) is 78.4 Å². The molecule has 98 valence electrons. The van der Waals surface area contributed by atoms with Gasteiger partial charge in [-0.05, 0) is 24.6 Å². The lowest BCUT2D eigenvalue weighted by molar-refractivity contribution is -0.138. The van der Waals surface area contributed by atoms with E-state index < -0.39 is 12.0 Å². The van der Waals surface area contributed by atoms with Gasteiger partial charge in [-0.3, -0.25) is 4.79 Å². The molecule has 0 fully saturated rings. The Balaban J connectivity index is 2.84. The SMILES string of the molecule is CCC(Nc1ccc(NC(C)=O)c(Cl)c1)C(=O)O. The maximum Gasteiger partial charge on any atom is 0.326 e. The molecule has 0 aliphatic carbocycles. The van der Waals surface area contributed by atoms with E-state index in [4.69, 9.17) is 16.7 Å². The van der Waals surface area contributed by atoms with E-state index in [-0.39, 0.29) is 5.91 Å². The van der Waals surface area contributed by atoms with Crippen molar-refractivity contribution < 1.29 is 14.7 Å². The van der Waals surface area contributed by atoms with Crippen molar-refractivity contribution in [1.29, 1.82) is 0 Å². The van der Waals surface area contributed by atoms with Crippen molar-refractivity contribution in [3.8, 4) is 0 Å². The van der Waals surface area contributed by atoms with Crippen molar-refractivity contribution in [3.63, 3.8) is 0 Å². The number of carboxylic acids is 1. The van der Waals surface area contributed by atoms with Crippen LogP contribution in [0.4, 0.5) is 11.4 Å². The summed E-state index contributed by atoms with van der Waals surface area (Å²) < 4.78 is 0. The van der Waals surface area contributed by atoms with Gasteiger partial charge in [0.05, 0.1) is 10.7 Å². The number of nitrogens with one attached hydrogen (secondary N) is 2. The van der Waals surface area contributed by atoms with Crippen LogP contribution in [0.5, 0.6) is 0 Å². The third kappa shape index (κ3) is 3.92. The molecule has 1 aromatic carbocycles. The van der Waals surface area contributed by atoms with Gasteiger partial charge in [-0.15, -0.1) is 0 Å². The number of rotatable bonds is 5. The highest BCUT2D eigenvalue weighted by Crippen LogP contribution is 2.26. The maximum atomic E-state index is 10.9. The number of amides is 1. The Labute approximate surface area is 110 Å². The lowest BCUT2D eigenvalue weighted by Gasteiger charge is -2.14. The van der Waals surface area contributed by atoms with E-state index in [1.165, 1.54) is 6.92 Å². The molecule has 18 heavy (non-hydrogen) atoms. The molecule has 1 atom stereocenters. The van der Waals surface area contributed by atoms with Crippen LogP contribution in [0.15, 0.2) is 18.2 Å². The van der Waals surface area contributed by atoms with Gasteiger partial charge < -0.3 is 15.7 Å². The summed E-state index contributed by atoms with van der Waals surface area (Å²) in [6.45, 7) is 3.17. The fraction of sp³-hybridized carbons (Fsp3) is 0.333. The van der Waals surface area contributed by atoms with Crippen molar-refractivity contribution in [2.75, 3.05) is 10.6 Å². The first-order chi connectivity index (χ1) is 8.43. The minimum absolute atomic E-state index is 0.213. The average molecular weight is 271 g/mol. The number of anilines is 2. The molecule has 0 saturated heterocycles. The standard InChI is InChI=1S/C12H15ClN2O3/c1-3-10(12(17)18)15-8-4-5-11(9(13)6-8)14-7(2)16/h4-6,10,15H,3H2,1-2H3,(H,14,16)(H,17,18). The lowest BCUT2D eigenvalue weighted by Crippen LogP contribution is -2.28. The Bertz CT molecular complexity index is 463. The molecule has 0 radical (unpaired) electrons. The van der Waals surface area contributed by atoms with Crippen LogP contribution >= 0.6 is 11.6 Å². The second kappa shape index (κ2) is 6.26. The van der Waals surface area contributed by atoms with Crippen molar-refractivity contribution >= 4 is 34.9 Å². The summed E-state index contributed by atoms with van der Waals surface area (Å²) in [6, 6.07) is 4.22. The van der Waals surface area contributed by atoms with Crippen LogP contribution in [0, 0.1) is 0 Å². The second-order valence-corrected chi connectivity index (χ2v) is 4.23. The van der Waals surface area contributed by atoms with Gasteiger partial charge in [0.15, 0.2) is 0 Å². The molecule has 0 aliphatic rings. The largest absolute Gasteiger partial charge is 0.480 e. The van der Waals surface area contributed by atoms with Gasteiger partial charge in [0.25, 0.3) is 0 Å². The first kappa shape index (κ1) is 14.3. The van der Waals surface area contributed by atoms with Crippen LogP contribution in [0.2, 0.25) is 5.02 Å². The van der Waals surface area contributed by atoms with Gasteiger partial charge in [0, 0.05) is 12.6 Å². The van der Waals surface area contributed by atoms with Crippen LogP contribution in [-0.4, -0.2) is 23.0 Å². The molecule has 1 unspecified atom stereocenters. The number of carbonyl (C=O) groups is 2. The number of hydrogen-bond acceptors (Lipinski definition) is 3. The number of carboxylic acid groups (broad SMARTS) is 1. The molecule has 3 N–H and O–H groups in total.